The molecule has 1 aromatic rings. The molecule has 0 saturated carbocycles. The Hall–Kier alpha value is -1.55. The quantitative estimate of drug-likeness (QED) is 0.651. The second-order valence-corrected chi connectivity index (χ2v) is 5.31. The number of benzene rings is 1. The van der Waals surface area contributed by atoms with Gasteiger partial charge in [-0.15, -0.1) is 0 Å². The van der Waals surface area contributed by atoms with Crippen LogP contribution in [0.1, 0.15) is 33.6 Å². The van der Waals surface area contributed by atoms with Gasteiger partial charge in [-0.1, -0.05) is 25.1 Å². The molecule has 2 N–H and O–H groups in total. The van der Waals surface area contributed by atoms with Crippen LogP contribution < -0.4 is 15.5 Å². The molecule has 1 rings (SSSR count). The first-order valence-corrected chi connectivity index (χ1v) is 7.97. The predicted molar refractivity (Wildman–Crippen MR) is 89.7 cm³/mol. The third-order valence-corrected chi connectivity index (χ3v) is 3.65. The monoisotopic (exact) mass is 291 g/mol. The third-order valence-electron chi connectivity index (χ3n) is 3.65. The summed E-state index contributed by atoms with van der Waals surface area (Å²) in [6, 6.07) is 10.8. The van der Waals surface area contributed by atoms with Crippen molar-refractivity contribution >= 4 is 11.6 Å². The van der Waals surface area contributed by atoms with Gasteiger partial charge in [0.1, 0.15) is 0 Å². The second-order valence-electron chi connectivity index (χ2n) is 5.31. The Morgan fingerprint density at radius 3 is 2.57 bits per heavy atom. The van der Waals surface area contributed by atoms with Crippen molar-refractivity contribution in [3.63, 3.8) is 0 Å². The molecule has 0 aliphatic carbocycles. The van der Waals surface area contributed by atoms with Crippen LogP contribution in [0, 0.1) is 0 Å². The molecule has 21 heavy (non-hydrogen) atoms. The number of para-hydroxylation sites is 1. The molecular formula is C17H29N3O. The summed E-state index contributed by atoms with van der Waals surface area (Å²) in [7, 11) is 0. The molecule has 4 nitrogen and oxygen atoms in total. The van der Waals surface area contributed by atoms with Crippen LogP contribution in [0.4, 0.5) is 5.69 Å². The minimum atomic E-state index is 0.0815. The molecule has 0 bridgehead atoms. The molecule has 0 aliphatic heterocycles. The molecule has 0 aliphatic rings. The molecular weight excluding hydrogens is 262 g/mol. The van der Waals surface area contributed by atoms with Gasteiger partial charge in [0.15, 0.2) is 0 Å². The first-order valence-electron chi connectivity index (χ1n) is 7.97. The Morgan fingerprint density at radius 2 is 1.95 bits per heavy atom. The molecule has 0 heterocycles. The number of nitrogens with one attached hydrogen (secondary N) is 2. The fourth-order valence-electron chi connectivity index (χ4n) is 2.08. The van der Waals surface area contributed by atoms with Crippen molar-refractivity contribution in [1.82, 2.24) is 10.6 Å². The highest BCUT2D eigenvalue weighted by molar-refractivity contribution is 5.77. The molecule has 0 saturated heterocycles. The van der Waals surface area contributed by atoms with Crippen LogP contribution in [0.3, 0.4) is 0 Å². The van der Waals surface area contributed by atoms with Crippen molar-refractivity contribution < 1.29 is 4.79 Å². The maximum absolute atomic E-state index is 11.7. The summed E-state index contributed by atoms with van der Waals surface area (Å²) in [5, 5.41) is 6.16. The van der Waals surface area contributed by atoms with E-state index in [9.17, 15) is 4.79 Å². The van der Waals surface area contributed by atoms with Crippen molar-refractivity contribution in [3.05, 3.63) is 30.3 Å². The number of rotatable bonds is 10. The zero-order valence-corrected chi connectivity index (χ0v) is 13.6. The summed E-state index contributed by atoms with van der Waals surface area (Å²) < 4.78 is 0. The van der Waals surface area contributed by atoms with E-state index in [-0.39, 0.29) is 5.91 Å². The Kier molecular flexibility index (Phi) is 8.51. The third kappa shape index (κ3) is 7.14. The molecule has 0 spiro atoms. The lowest BCUT2D eigenvalue weighted by molar-refractivity contribution is -0.120. The average Bonchev–Trinajstić information content (AvgIpc) is 2.53. The van der Waals surface area contributed by atoms with E-state index in [0.717, 1.165) is 32.5 Å². The molecule has 1 atom stereocenters. The SMILES string of the molecule is CCC(C)NCC(=O)NCCCN(CC)c1ccccc1. The van der Waals surface area contributed by atoms with E-state index in [1.54, 1.807) is 0 Å². The zero-order chi connectivity index (χ0) is 15.5. The van der Waals surface area contributed by atoms with Gasteiger partial charge in [-0.2, -0.15) is 0 Å². The number of hydrogen-bond acceptors (Lipinski definition) is 3. The van der Waals surface area contributed by atoms with Crippen LogP contribution in [0.2, 0.25) is 0 Å². The first kappa shape index (κ1) is 17.5. The van der Waals surface area contributed by atoms with Crippen LogP contribution >= 0.6 is 0 Å². The maximum Gasteiger partial charge on any atom is 0.233 e. The van der Waals surface area contributed by atoms with Crippen molar-refractivity contribution in [2.75, 3.05) is 31.1 Å². The topological polar surface area (TPSA) is 44.4 Å². The van der Waals surface area contributed by atoms with Crippen LogP contribution in [0.25, 0.3) is 0 Å². The molecule has 0 fully saturated rings. The van der Waals surface area contributed by atoms with Crippen LogP contribution in [0.15, 0.2) is 30.3 Å². The van der Waals surface area contributed by atoms with Gasteiger partial charge in [-0.05, 0) is 38.8 Å². The highest BCUT2D eigenvalue weighted by atomic mass is 16.1. The van der Waals surface area contributed by atoms with Gasteiger partial charge < -0.3 is 15.5 Å². The van der Waals surface area contributed by atoms with Gasteiger partial charge in [-0.25, -0.2) is 0 Å². The van der Waals surface area contributed by atoms with Gasteiger partial charge in [0.05, 0.1) is 6.54 Å². The van der Waals surface area contributed by atoms with E-state index in [1.165, 1.54) is 5.69 Å². The number of hydrogen-bond donors (Lipinski definition) is 2. The van der Waals surface area contributed by atoms with Gasteiger partial charge >= 0.3 is 0 Å². The van der Waals surface area contributed by atoms with E-state index in [1.807, 2.05) is 6.07 Å². The van der Waals surface area contributed by atoms with Gasteiger partial charge in [0.2, 0.25) is 5.91 Å². The highest BCUT2D eigenvalue weighted by Crippen LogP contribution is 2.12. The van der Waals surface area contributed by atoms with Crippen molar-refractivity contribution in [3.8, 4) is 0 Å². The van der Waals surface area contributed by atoms with E-state index in [4.69, 9.17) is 0 Å². The lowest BCUT2D eigenvalue weighted by Crippen LogP contribution is -2.38. The van der Waals surface area contributed by atoms with Crippen molar-refractivity contribution in [1.29, 1.82) is 0 Å². The Balaban J connectivity index is 2.19. The standard InChI is InChI=1S/C17H29N3O/c1-4-15(3)19-14-17(21)18-12-9-13-20(5-2)16-10-7-6-8-11-16/h6-8,10-11,15,19H,4-5,9,12-14H2,1-3H3,(H,18,21). The van der Waals surface area contributed by atoms with Crippen LogP contribution in [-0.2, 0) is 4.79 Å². The fourth-order valence-corrected chi connectivity index (χ4v) is 2.08. The maximum atomic E-state index is 11.7. The van der Waals surface area contributed by atoms with Gasteiger partial charge in [0, 0.05) is 31.4 Å². The Morgan fingerprint density at radius 1 is 1.24 bits per heavy atom. The molecule has 0 radical (unpaired) electrons. The number of anilines is 1. The molecule has 1 amide bonds. The van der Waals surface area contributed by atoms with E-state index in [0.29, 0.717) is 12.6 Å². The van der Waals surface area contributed by atoms with E-state index < -0.39 is 0 Å². The zero-order valence-electron chi connectivity index (χ0n) is 13.6. The van der Waals surface area contributed by atoms with Gasteiger partial charge in [0.25, 0.3) is 0 Å². The van der Waals surface area contributed by atoms with Crippen LogP contribution in [-0.4, -0.2) is 38.1 Å². The fraction of sp³-hybridized carbons (Fsp3) is 0.588. The number of carbonyl (C=O) groups is 1. The molecule has 4 heteroatoms. The largest absolute Gasteiger partial charge is 0.372 e. The van der Waals surface area contributed by atoms with Gasteiger partial charge in [-0.3, -0.25) is 4.79 Å². The highest BCUT2D eigenvalue weighted by Gasteiger charge is 2.05. The lowest BCUT2D eigenvalue weighted by Gasteiger charge is -2.23. The Bertz CT molecular complexity index is 394. The molecule has 118 valence electrons. The molecule has 0 aromatic heterocycles. The van der Waals surface area contributed by atoms with Crippen molar-refractivity contribution in [2.24, 2.45) is 0 Å². The summed E-state index contributed by atoms with van der Waals surface area (Å²) in [6.07, 6.45) is 1.99. The lowest BCUT2D eigenvalue weighted by atomic mass is 10.2. The minimum Gasteiger partial charge on any atom is -0.372 e. The normalized spacial score (nSPS) is 12.0. The summed E-state index contributed by atoms with van der Waals surface area (Å²) in [5.74, 6) is 0.0815. The van der Waals surface area contributed by atoms with E-state index in [2.05, 4.69) is 60.6 Å². The minimum absolute atomic E-state index is 0.0815. The smallest absolute Gasteiger partial charge is 0.233 e. The summed E-state index contributed by atoms with van der Waals surface area (Å²) in [4.78, 5) is 14.0. The van der Waals surface area contributed by atoms with Crippen molar-refractivity contribution in [2.45, 2.75) is 39.7 Å². The van der Waals surface area contributed by atoms with Crippen LogP contribution in [0.5, 0.6) is 0 Å². The predicted octanol–water partition coefficient (Wildman–Crippen LogP) is 2.41. The molecule has 1 aromatic carbocycles. The van der Waals surface area contributed by atoms with E-state index >= 15 is 0 Å². The summed E-state index contributed by atoms with van der Waals surface area (Å²) in [6.45, 7) is 9.43. The second kappa shape index (κ2) is 10.2. The first-order chi connectivity index (χ1) is 10.2. The summed E-state index contributed by atoms with van der Waals surface area (Å²) in [5.41, 5.74) is 1.24. The number of carbonyl (C=O) groups excluding carboxylic acids is 1. The number of amides is 1. The molecule has 1 unspecified atom stereocenters. The number of nitrogens with zero attached hydrogens (tertiary/aromatic N) is 1. The summed E-state index contributed by atoms with van der Waals surface area (Å²) >= 11 is 0. The Labute approximate surface area is 128 Å². The average molecular weight is 291 g/mol.